The molecule has 0 amide bonds. The number of halogens is 1. The van der Waals surface area contributed by atoms with Crippen LogP contribution in [0.2, 0.25) is 0 Å². The third kappa shape index (κ3) is 2.70. The average molecular weight is 311 g/mol. The topological polar surface area (TPSA) is 55.6 Å². The first-order valence-corrected chi connectivity index (χ1v) is 7.86. The largest absolute Gasteiger partial charge is 0.308 e. The van der Waals surface area contributed by atoms with Gasteiger partial charge in [-0.1, -0.05) is 6.07 Å². The SMILES string of the molecule is Cc1nc2n(n1)CC(NCc1ccc(F)c3cccnc13)CC2. The van der Waals surface area contributed by atoms with E-state index >= 15 is 0 Å². The standard InChI is InChI=1S/C17H18FN5/c1-11-21-16-7-5-13(10-23(16)22-11)20-9-12-4-6-15(18)14-3-2-8-19-17(12)14/h2-4,6,8,13,20H,5,7,9-10H2,1H3. The second kappa shape index (κ2) is 5.70. The number of hydrogen-bond donors (Lipinski definition) is 1. The van der Waals surface area contributed by atoms with Crippen LogP contribution < -0.4 is 5.32 Å². The average Bonchev–Trinajstić information content (AvgIpc) is 2.94. The number of rotatable bonds is 3. The lowest BCUT2D eigenvalue weighted by Gasteiger charge is -2.23. The van der Waals surface area contributed by atoms with Gasteiger partial charge in [0.1, 0.15) is 17.5 Å². The molecule has 0 spiro atoms. The highest BCUT2D eigenvalue weighted by atomic mass is 19.1. The van der Waals surface area contributed by atoms with Crippen molar-refractivity contribution < 1.29 is 4.39 Å². The first kappa shape index (κ1) is 14.3. The Kier molecular flexibility index (Phi) is 3.53. The summed E-state index contributed by atoms with van der Waals surface area (Å²) >= 11 is 0. The normalized spacial score (nSPS) is 17.4. The Bertz CT molecular complexity index is 857. The van der Waals surface area contributed by atoms with Crippen molar-refractivity contribution in [1.29, 1.82) is 0 Å². The minimum atomic E-state index is -0.225. The molecule has 118 valence electrons. The summed E-state index contributed by atoms with van der Waals surface area (Å²) in [5.41, 5.74) is 1.75. The summed E-state index contributed by atoms with van der Waals surface area (Å²) in [7, 11) is 0. The van der Waals surface area contributed by atoms with Crippen LogP contribution in [0, 0.1) is 12.7 Å². The van der Waals surface area contributed by atoms with Gasteiger partial charge in [-0.05, 0) is 37.1 Å². The van der Waals surface area contributed by atoms with E-state index < -0.39 is 0 Å². The molecule has 3 aromatic rings. The smallest absolute Gasteiger partial charge is 0.147 e. The van der Waals surface area contributed by atoms with E-state index in [1.165, 1.54) is 6.07 Å². The monoisotopic (exact) mass is 311 g/mol. The predicted molar refractivity (Wildman–Crippen MR) is 85.4 cm³/mol. The van der Waals surface area contributed by atoms with Gasteiger partial charge in [-0.15, -0.1) is 0 Å². The second-order valence-corrected chi connectivity index (χ2v) is 5.98. The molecule has 1 unspecified atom stereocenters. The first-order chi connectivity index (χ1) is 11.2. The fourth-order valence-electron chi connectivity index (χ4n) is 3.19. The molecule has 0 bridgehead atoms. The van der Waals surface area contributed by atoms with Crippen molar-refractivity contribution >= 4 is 10.9 Å². The van der Waals surface area contributed by atoms with Gasteiger partial charge in [-0.2, -0.15) is 5.10 Å². The number of aryl methyl sites for hydroxylation is 2. The van der Waals surface area contributed by atoms with Gasteiger partial charge in [0.25, 0.3) is 0 Å². The van der Waals surface area contributed by atoms with E-state index in [1.807, 2.05) is 17.7 Å². The van der Waals surface area contributed by atoms with Gasteiger partial charge >= 0.3 is 0 Å². The van der Waals surface area contributed by atoms with Crippen LogP contribution in [-0.4, -0.2) is 25.8 Å². The van der Waals surface area contributed by atoms with Gasteiger partial charge in [-0.25, -0.2) is 14.1 Å². The van der Waals surface area contributed by atoms with Crippen LogP contribution in [0.25, 0.3) is 10.9 Å². The van der Waals surface area contributed by atoms with E-state index in [1.54, 1.807) is 18.3 Å². The molecule has 1 aliphatic rings. The summed E-state index contributed by atoms with van der Waals surface area (Å²) in [5, 5.41) is 8.54. The lowest BCUT2D eigenvalue weighted by Crippen LogP contribution is -2.37. The molecular formula is C17H18FN5. The van der Waals surface area contributed by atoms with Crippen molar-refractivity contribution in [3.63, 3.8) is 0 Å². The van der Waals surface area contributed by atoms with E-state index in [4.69, 9.17) is 0 Å². The molecule has 0 aliphatic carbocycles. The van der Waals surface area contributed by atoms with Crippen molar-refractivity contribution in [3.8, 4) is 0 Å². The molecule has 1 aromatic carbocycles. The molecule has 0 fully saturated rings. The molecule has 4 rings (SSSR count). The molecular weight excluding hydrogens is 293 g/mol. The number of aromatic nitrogens is 4. The van der Waals surface area contributed by atoms with E-state index in [9.17, 15) is 4.39 Å². The molecule has 0 radical (unpaired) electrons. The van der Waals surface area contributed by atoms with Gasteiger partial charge in [0, 0.05) is 30.6 Å². The molecule has 2 aromatic heterocycles. The summed E-state index contributed by atoms with van der Waals surface area (Å²) in [4.78, 5) is 8.76. The Morgan fingerprint density at radius 3 is 3.17 bits per heavy atom. The number of nitrogens with one attached hydrogen (secondary N) is 1. The quantitative estimate of drug-likeness (QED) is 0.807. The van der Waals surface area contributed by atoms with Gasteiger partial charge in [-0.3, -0.25) is 4.98 Å². The summed E-state index contributed by atoms with van der Waals surface area (Å²) in [5.74, 6) is 1.67. The molecule has 23 heavy (non-hydrogen) atoms. The van der Waals surface area contributed by atoms with Crippen molar-refractivity contribution in [2.45, 2.75) is 38.9 Å². The summed E-state index contributed by atoms with van der Waals surface area (Å²) in [6.07, 6.45) is 3.67. The predicted octanol–water partition coefficient (Wildman–Crippen LogP) is 2.38. The highest BCUT2D eigenvalue weighted by Gasteiger charge is 2.20. The first-order valence-electron chi connectivity index (χ1n) is 7.86. The number of hydrogen-bond acceptors (Lipinski definition) is 4. The summed E-state index contributed by atoms with van der Waals surface area (Å²) in [6, 6.07) is 7.20. The van der Waals surface area contributed by atoms with E-state index in [0.717, 1.165) is 42.1 Å². The molecule has 3 heterocycles. The van der Waals surface area contributed by atoms with Crippen molar-refractivity contribution in [2.24, 2.45) is 0 Å². The maximum atomic E-state index is 13.8. The number of nitrogens with zero attached hydrogens (tertiary/aromatic N) is 4. The Labute approximate surface area is 133 Å². The van der Waals surface area contributed by atoms with Gasteiger partial charge in [0.15, 0.2) is 0 Å². The van der Waals surface area contributed by atoms with Crippen molar-refractivity contribution in [3.05, 3.63) is 53.5 Å². The maximum Gasteiger partial charge on any atom is 0.147 e. The second-order valence-electron chi connectivity index (χ2n) is 5.98. The number of benzene rings is 1. The van der Waals surface area contributed by atoms with Crippen LogP contribution in [0.15, 0.2) is 30.5 Å². The van der Waals surface area contributed by atoms with Crippen LogP contribution in [0.5, 0.6) is 0 Å². The molecule has 1 atom stereocenters. The van der Waals surface area contributed by atoms with Gasteiger partial charge < -0.3 is 5.32 Å². The Morgan fingerprint density at radius 2 is 2.26 bits per heavy atom. The third-order valence-corrected chi connectivity index (χ3v) is 4.35. The minimum absolute atomic E-state index is 0.225. The molecule has 1 N–H and O–H groups in total. The Balaban J connectivity index is 1.51. The van der Waals surface area contributed by atoms with Crippen LogP contribution in [0.3, 0.4) is 0 Å². The molecule has 0 saturated carbocycles. The summed E-state index contributed by atoms with van der Waals surface area (Å²) in [6.45, 7) is 3.41. The van der Waals surface area contributed by atoms with E-state index in [-0.39, 0.29) is 5.82 Å². The van der Waals surface area contributed by atoms with Crippen molar-refractivity contribution in [2.75, 3.05) is 0 Å². The van der Waals surface area contributed by atoms with Crippen LogP contribution in [-0.2, 0) is 19.5 Å². The number of fused-ring (bicyclic) bond motifs is 2. The Hall–Kier alpha value is -2.34. The van der Waals surface area contributed by atoms with Gasteiger partial charge in [0.2, 0.25) is 0 Å². The third-order valence-electron chi connectivity index (χ3n) is 4.35. The lowest BCUT2D eigenvalue weighted by molar-refractivity contribution is 0.358. The Morgan fingerprint density at radius 1 is 1.35 bits per heavy atom. The number of pyridine rings is 1. The zero-order chi connectivity index (χ0) is 15.8. The van der Waals surface area contributed by atoms with E-state index in [2.05, 4.69) is 20.4 Å². The van der Waals surface area contributed by atoms with Crippen LogP contribution in [0.1, 0.15) is 23.6 Å². The van der Waals surface area contributed by atoms with Crippen LogP contribution >= 0.6 is 0 Å². The highest BCUT2D eigenvalue weighted by molar-refractivity contribution is 5.82. The molecule has 1 aliphatic heterocycles. The molecule has 0 saturated heterocycles. The molecule has 5 nitrogen and oxygen atoms in total. The lowest BCUT2D eigenvalue weighted by atomic mass is 10.1. The highest BCUT2D eigenvalue weighted by Crippen LogP contribution is 2.20. The van der Waals surface area contributed by atoms with Gasteiger partial charge in [0.05, 0.1) is 12.1 Å². The summed E-state index contributed by atoms with van der Waals surface area (Å²) < 4.78 is 15.8. The van der Waals surface area contributed by atoms with E-state index in [0.29, 0.717) is 18.0 Å². The zero-order valence-electron chi connectivity index (χ0n) is 13.0. The minimum Gasteiger partial charge on any atom is -0.308 e. The van der Waals surface area contributed by atoms with Crippen molar-refractivity contribution in [1.82, 2.24) is 25.1 Å². The maximum absolute atomic E-state index is 13.8. The zero-order valence-corrected chi connectivity index (χ0v) is 13.0. The fraction of sp³-hybridized carbons (Fsp3) is 0.353. The molecule has 6 heteroatoms. The fourth-order valence-corrected chi connectivity index (χ4v) is 3.19. The van der Waals surface area contributed by atoms with Crippen LogP contribution in [0.4, 0.5) is 4.39 Å².